The van der Waals surface area contributed by atoms with E-state index in [1.807, 2.05) is 80.1 Å². The fraction of sp³-hybridized carbons (Fsp3) is 0.385. The van der Waals surface area contributed by atoms with Crippen molar-refractivity contribution in [3.05, 3.63) is 130 Å². The van der Waals surface area contributed by atoms with Gasteiger partial charge < -0.3 is 39.5 Å². The van der Waals surface area contributed by atoms with Crippen LogP contribution in [0, 0.1) is 5.92 Å². The number of benzene rings is 4. The van der Waals surface area contributed by atoms with Gasteiger partial charge in [0.1, 0.15) is 23.6 Å². The third-order valence-corrected chi connectivity index (χ3v) is 13.0. The molecule has 15 nitrogen and oxygen atoms in total. The molecule has 0 aliphatic carbocycles. The number of amides is 5. The van der Waals surface area contributed by atoms with E-state index in [-0.39, 0.29) is 50.8 Å². The number of nitrogens with one attached hydrogen (secondary N) is 2. The van der Waals surface area contributed by atoms with Crippen LogP contribution < -0.4 is 20.1 Å². The van der Waals surface area contributed by atoms with E-state index in [0.717, 1.165) is 22.4 Å². The van der Waals surface area contributed by atoms with Crippen molar-refractivity contribution >= 4 is 52.7 Å². The molecule has 6 rings (SSSR count). The molecule has 0 radical (unpaired) electrons. The van der Waals surface area contributed by atoms with Gasteiger partial charge in [-0.15, -0.1) is 0 Å². The molecule has 5 atom stereocenters. The Morgan fingerprint density at radius 3 is 2.14 bits per heavy atom. The summed E-state index contributed by atoms with van der Waals surface area (Å²) in [5.41, 5.74) is 3.91. The van der Waals surface area contributed by atoms with E-state index in [9.17, 15) is 19.2 Å². The topological polar surface area (TPSA) is 165 Å². The van der Waals surface area contributed by atoms with Gasteiger partial charge in [0.2, 0.25) is 29.5 Å². The summed E-state index contributed by atoms with van der Waals surface area (Å²) in [6.07, 6.45) is 1.91. The molecular formula is C52H61Cl2N7O8. The Balaban J connectivity index is 1.36. The molecule has 1 fully saturated rings. The summed E-state index contributed by atoms with van der Waals surface area (Å²) in [5.74, 6) is -2.33. The van der Waals surface area contributed by atoms with Gasteiger partial charge in [0.15, 0.2) is 0 Å². The molecule has 1 saturated heterocycles. The minimum absolute atomic E-state index is 0.0758. The normalized spacial score (nSPS) is 20.3. The first kappa shape index (κ1) is 52.0. The van der Waals surface area contributed by atoms with Gasteiger partial charge in [-0.1, -0.05) is 71.7 Å². The van der Waals surface area contributed by atoms with E-state index in [1.54, 1.807) is 74.6 Å². The van der Waals surface area contributed by atoms with Gasteiger partial charge in [-0.25, -0.2) is 4.98 Å². The van der Waals surface area contributed by atoms with Gasteiger partial charge in [-0.05, 0) is 93.3 Å². The Bertz CT molecular complexity index is 2560. The second-order valence-corrected chi connectivity index (χ2v) is 18.2. The molecule has 5 amide bonds. The highest BCUT2D eigenvalue weighted by atomic mass is 35.5. The third kappa shape index (κ3) is 13.6. The summed E-state index contributed by atoms with van der Waals surface area (Å²) in [6, 6.07) is 25.9. The average Bonchev–Trinajstić information content (AvgIpc) is 3.71. The van der Waals surface area contributed by atoms with E-state index in [0.29, 0.717) is 46.1 Å². The van der Waals surface area contributed by atoms with Crippen molar-refractivity contribution in [3.63, 3.8) is 0 Å². The lowest BCUT2D eigenvalue weighted by molar-refractivity contribution is -0.147. The number of rotatable bonds is 13. The van der Waals surface area contributed by atoms with Crippen molar-refractivity contribution in [2.45, 2.75) is 77.2 Å². The number of ether oxygens (including phenoxy) is 3. The van der Waals surface area contributed by atoms with Crippen LogP contribution in [-0.4, -0.2) is 119 Å². The van der Waals surface area contributed by atoms with Crippen LogP contribution in [0.1, 0.15) is 50.3 Å². The molecule has 2 heterocycles. The van der Waals surface area contributed by atoms with Crippen molar-refractivity contribution in [1.82, 2.24) is 34.9 Å². The zero-order chi connectivity index (χ0) is 49.8. The lowest BCUT2D eigenvalue weighted by Gasteiger charge is -2.35. The number of hydrogen-bond donors (Lipinski definition) is 2. The molecule has 17 heteroatoms. The van der Waals surface area contributed by atoms with Crippen LogP contribution in [0.25, 0.3) is 11.3 Å². The number of aromatic nitrogens is 2. The number of nitrogens with zero attached hydrogens (tertiary/aromatic N) is 5. The number of halogens is 2. The van der Waals surface area contributed by atoms with E-state index in [1.165, 1.54) is 16.9 Å². The third-order valence-electron chi connectivity index (χ3n) is 12.5. The van der Waals surface area contributed by atoms with Crippen LogP contribution in [0.4, 0.5) is 0 Å². The highest BCUT2D eigenvalue weighted by Gasteiger charge is 2.36. The molecule has 0 spiro atoms. The maximum atomic E-state index is 15.0. The summed E-state index contributed by atoms with van der Waals surface area (Å²) in [5, 5.41) is 6.72. The smallest absolute Gasteiger partial charge is 0.296 e. The number of hydrogen-bond acceptors (Lipinski definition) is 9. The zero-order valence-corrected chi connectivity index (χ0v) is 41.6. The Kier molecular flexibility index (Phi) is 18.2. The van der Waals surface area contributed by atoms with Crippen LogP contribution in [0.3, 0.4) is 0 Å². The van der Waals surface area contributed by atoms with Gasteiger partial charge >= 0.3 is 0 Å². The molecule has 69 heavy (non-hydrogen) atoms. The first-order valence-corrected chi connectivity index (χ1v) is 23.7. The predicted octanol–water partition coefficient (Wildman–Crippen LogP) is 7.12. The van der Waals surface area contributed by atoms with Crippen LogP contribution in [-0.2, 0) is 55.1 Å². The second-order valence-electron chi connectivity index (χ2n) is 17.3. The molecule has 0 unspecified atom stereocenters. The van der Waals surface area contributed by atoms with E-state index in [4.69, 9.17) is 37.4 Å². The lowest BCUT2D eigenvalue weighted by Crippen LogP contribution is -2.57. The summed E-state index contributed by atoms with van der Waals surface area (Å²) in [7, 11) is 6.52. The summed E-state index contributed by atoms with van der Waals surface area (Å²) in [6.45, 7) is 5.55. The maximum Gasteiger partial charge on any atom is 0.296 e. The maximum absolute atomic E-state index is 15.0. The van der Waals surface area contributed by atoms with Crippen molar-refractivity contribution < 1.29 is 38.2 Å². The Morgan fingerprint density at radius 1 is 0.783 bits per heavy atom. The molecule has 5 aromatic rings. The van der Waals surface area contributed by atoms with Crippen molar-refractivity contribution in [1.29, 1.82) is 0 Å². The van der Waals surface area contributed by atoms with Crippen molar-refractivity contribution in [3.8, 4) is 28.8 Å². The molecular weight excluding hydrogens is 922 g/mol. The minimum atomic E-state index is -1.20. The quantitative estimate of drug-likeness (QED) is 0.125. The van der Waals surface area contributed by atoms with Crippen LogP contribution in [0.2, 0.25) is 10.0 Å². The van der Waals surface area contributed by atoms with Gasteiger partial charge in [-0.3, -0.25) is 28.5 Å². The Morgan fingerprint density at radius 2 is 1.46 bits per heavy atom. The summed E-state index contributed by atoms with van der Waals surface area (Å²) < 4.78 is 19.4. The van der Waals surface area contributed by atoms with Crippen LogP contribution >= 0.6 is 23.2 Å². The molecule has 1 aliphatic rings. The fourth-order valence-corrected chi connectivity index (χ4v) is 8.51. The average molecular weight is 983 g/mol. The Labute approximate surface area is 414 Å². The molecule has 366 valence electrons. The minimum Gasteiger partial charge on any atom is -0.465 e. The number of carbonyl (C=O) groups is 5. The largest absolute Gasteiger partial charge is 0.465 e. The second kappa shape index (κ2) is 24.2. The summed E-state index contributed by atoms with van der Waals surface area (Å²) >= 11 is 12.8. The van der Waals surface area contributed by atoms with Gasteiger partial charge in [-0.2, -0.15) is 0 Å². The number of methoxy groups -OCH3 is 1. The van der Waals surface area contributed by atoms with Gasteiger partial charge in [0.25, 0.3) is 6.01 Å². The molecule has 0 bridgehead atoms. The van der Waals surface area contributed by atoms with E-state index >= 15 is 4.79 Å². The predicted molar refractivity (Wildman–Crippen MR) is 265 cm³/mol. The molecule has 4 aromatic carbocycles. The highest BCUT2D eigenvalue weighted by molar-refractivity contribution is 6.31. The number of carbonyl (C=O) groups excluding carboxylic acids is 5. The number of imidazole rings is 1. The fourth-order valence-electron chi connectivity index (χ4n) is 8.23. The first-order chi connectivity index (χ1) is 33.1. The van der Waals surface area contributed by atoms with E-state index in [2.05, 4.69) is 15.6 Å². The monoisotopic (exact) mass is 981 g/mol. The Hall–Kier alpha value is -6.42. The summed E-state index contributed by atoms with van der Waals surface area (Å²) in [4.78, 5) is 81.0. The van der Waals surface area contributed by atoms with Gasteiger partial charge in [0.05, 0.1) is 37.6 Å². The molecule has 0 saturated carbocycles. The standard InChI is InChI=1S/C52H61Cl2N7O8/c1-8-68-52-56-30-45(60(52)6)37-17-22-43(23-18-37)69-46-27-41(54)21-16-38(46)31-61-34(3)49(64)57-44(32-67-7)51(66)59(5)42(25-36-14-19-40(53)20-15-36)28-47(62)55-29-33(2)58(4)50(65)39(26-48(61)63)24-35-12-10-9-11-13-35/h9-23,27,30,33-34,39,42,44H,8,24-26,28-29,31-32H2,1-7H3,(H,55,62)(H,57,64)/t33-,34-,39+,42-,44-/m0/s1. The first-order valence-electron chi connectivity index (χ1n) is 22.9. The van der Waals surface area contributed by atoms with Crippen LogP contribution in [0.15, 0.2) is 103 Å². The van der Waals surface area contributed by atoms with Crippen molar-refractivity contribution in [2.24, 2.45) is 13.0 Å². The SMILES string of the molecule is CCOc1ncc(-c2ccc(Oc3cc(Cl)ccc3CN3C(=O)C[C@@H](Cc4ccccc4)C(=O)N(C)[C@@H](C)CNC(=O)C[C@H](Cc4ccc(Cl)cc4)N(C)C(=O)[C@H](COC)NC(=O)[C@@H]3C)cc2)n1C. The molecule has 1 aliphatic heterocycles. The van der Waals surface area contributed by atoms with E-state index < -0.39 is 47.8 Å². The lowest BCUT2D eigenvalue weighted by atomic mass is 9.93. The zero-order valence-electron chi connectivity index (χ0n) is 40.1. The van der Waals surface area contributed by atoms with Crippen LogP contribution in [0.5, 0.6) is 17.5 Å². The molecule has 2 N–H and O–H groups in total. The van der Waals surface area contributed by atoms with Crippen molar-refractivity contribution in [2.75, 3.05) is 41.0 Å². The molecule has 1 aromatic heterocycles. The number of likely N-dealkylation sites (N-methyl/N-ethyl adjacent to an activating group) is 2. The highest BCUT2D eigenvalue weighted by Crippen LogP contribution is 2.33. The van der Waals surface area contributed by atoms with Gasteiger partial charge in [0, 0.05) is 80.9 Å².